The van der Waals surface area contributed by atoms with E-state index >= 15 is 0 Å². The van der Waals surface area contributed by atoms with Gasteiger partial charge in [0.05, 0.1) is 10.2 Å². The van der Waals surface area contributed by atoms with Crippen molar-refractivity contribution in [3.8, 4) is 0 Å². The molecule has 0 aliphatic heterocycles. The monoisotopic (exact) mass is 242 g/mol. The zero-order valence-electron chi connectivity index (χ0n) is 6.02. The van der Waals surface area contributed by atoms with Gasteiger partial charge in [0.15, 0.2) is 0 Å². The fraction of sp³-hybridized carbons (Fsp3) is 0.500. The van der Waals surface area contributed by atoms with Crippen molar-refractivity contribution in [2.45, 2.75) is 6.92 Å². The molecule has 0 atom stereocenters. The van der Waals surface area contributed by atoms with Crippen molar-refractivity contribution in [1.29, 1.82) is 0 Å². The number of hydrogen-bond donors (Lipinski definition) is 1. The summed E-state index contributed by atoms with van der Waals surface area (Å²) in [6.45, 7) is 1.08. The second kappa shape index (κ2) is 16.8. The van der Waals surface area contributed by atoms with Crippen molar-refractivity contribution >= 4 is 5.97 Å². The van der Waals surface area contributed by atoms with E-state index in [4.69, 9.17) is 40.5 Å². The maximum atomic E-state index is 9.00. The van der Waals surface area contributed by atoms with E-state index < -0.39 is 16.1 Å². The van der Waals surface area contributed by atoms with Crippen LogP contribution in [0.4, 0.5) is 0 Å². The van der Waals surface area contributed by atoms with Crippen LogP contribution in [0.1, 0.15) is 6.92 Å². The number of carboxylic acids is 1. The first-order valence-electron chi connectivity index (χ1n) is 2.02. The summed E-state index contributed by atoms with van der Waals surface area (Å²) in [5.41, 5.74) is 0. The first-order valence-corrected chi connectivity index (χ1v) is 2.02. The van der Waals surface area contributed by atoms with E-state index in [9.17, 15) is 0 Å². The summed E-state index contributed by atoms with van der Waals surface area (Å²) in [7, 11) is 0. The minimum atomic E-state index is -1.75. The third-order valence-electron chi connectivity index (χ3n) is 0. The van der Waals surface area contributed by atoms with Crippen LogP contribution in [0.15, 0.2) is 0 Å². The zero-order chi connectivity index (χ0) is 10.7. The molecule has 0 radical (unpaired) electrons. The third-order valence-corrected chi connectivity index (χ3v) is 0. The topological polar surface area (TPSA) is 170 Å². The molecule has 0 aliphatic rings. The van der Waals surface area contributed by atoms with Crippen LogP contribution < -0.4 is 0 Å². The summed E-state index contributed by atoms with van der Waals surface area (Å²) in [5.74, 6) is -0.833. The van der Waals surface area contributed by atoms with Gasteiger partial charge in [0.25, 0.3) is 5.97 Å². The first kappa shape index (κ1) is 22.5. The molecule has 0 rings (SSSR count). The maximum Gasteiger partial charge on any atom is 2.00 e. The van der Waals surface area contributed by atoms with Crippen LogP contribution in [0.5, 0.6) is 0 Å². The summed E-state index contributed by atoms with van der Waals surface area (Å²) in [6, 6.07) is 0. The Balaban J connectivity index is -0.0000000450. The smallest absolute Gasteiger partial charge is 0.481 e. The number of aliphatic carboxylic acids is 1. The number of carboxylic acid groups (broad SMARTS) is 1. The zero-order valence-corrected chi connectivity index (χ0v) is 7.00. The van der Waals surface area contributed by atoms with Crippen LogP contribution in [0.25, 0.3) is 0 Å². The molecule has 0 aromatic rings. The number of hydrogen-bond acceptors (Lipinski definition) is 7. The van der Waals surface area contributed by atoms with Gasteiger partial charge in [-0.15, -0.1) is 0 Å². The van der Waals surface area contributed by atoms with Crippen LogP contribution in [0, 0.1) is 30.6 Å². The van der Waals surface area contributed by atoms with Gasteiger partial charge in [-0.3, -0.25) is 4.79 Å². The van der Waals surface area contributed by atoms with E-state index in [1.165, 1.54) is 0 Å². The molecule has 0 aromatic carbocycles. The summed E-state index contributed by atoms with van der Waals surface area (Å²) in [5, 5.41) is 36.9. The molecule has 0 heterocycles. The molecule has 0 bridgehead atoms. The summed E-state index contributed by atoms with van der Waals surface area (Å²) < 4.78 is 0. The second-order valence-electron chi connectivity index (χ2n) is 0.966. The van der Waals surface area contributed by atoms with Gasteiger partial charge in [0.2, 0.25) is 0 Å². The Morgan fingerprint density at radius 1 is 1.08 bits per heavy atom. The SMILES string of the molecule is CC(=O)O.O=[N+]([O-])[O-].O=[N+]([O-])[O-].[Ni+2]. The quantitative estimate of drug-likeness (QED) is 0.340. The molecule has 80 valence electrons. The predicted octanol–water partition coefficient (Wildman–Crippen LogP) is -0.390. The van der Waals surface area contributed by atoms with Gasteiger partial charge >= 0.3 is 16.5 Å². The van der Waals surface area contributed by atoms with Gasteiger partial charge in [-0.25, -0.2) is 0 Å². The Morgan fingerprint density at radius 3 is 1.08 bits per heavy atom. The summed E-state index contributed by atoms with van der Waals surface area (Å²) in [6.07, 6.45) is 0. The van der Waals surface area contributed by atoms with Crippen molar-refractivity contribution in [2.24, 2.45) is 0 Å². The van der Waals surface area contributed by atoms with Gasteiger partial charge in [-0.2, -0.15) is 0 Å². The van der Waals surface area contributed by atoms with Gasteiger partial charge in [-0.05, 0) is 0 Å². The molecular formula is C2H4N2NiO8. The molecule has 0 amide bonds. The van der Waals surface area contributed by atoms with E-state index in [1.54, 1.807) is 0 Å². The van der Waals surface area contributed by atoms with Crippen molar-refractivity contribution in [1.82, 2.24) is 0 Å². The van der Waals surface area contributed by atoms with Crippen LogP contribution in [0.2, 0.25) is 0 Å². The average molecular weight is 243 g/mol. The molecule has 0 saturated heterocycles. The summed E-state index contributed by atoms with van der Waals surface area (Å²) in [4.78, 5) is 25.5. The molecule has 0 spiro atoms. The van der Waals surface area contributed by atoms with Crippen molar-refractivity contribution in [3.63, 3.8) is 0 Å². The number of nitrogens with zero attached hydrogens (tertiary/aromatic N) is 2. The molecular weight excluding hydrogens is 239 g/mol. The van der Waals surface area contributed by atoms with Gasteiger partial charge in [-0.1, -0.05) is 0 Å². The van der Waals surface area contributed by atoms with E-state index in [2.05, 4.69) is 0 Å². The molecule has 1 N–H and O–H groups in total. The minimum Gasteiger partial charge on any atom is -0.481 e. The fourth-order valence-electron chi connectivity index (χ4n) is 0. The molecule has 0 fully saturated rings. The standard InChI is InChI=1S/C2H4O2.2NO3.Ni/c1-2(3)4;2*2-1(3)4;/h1H3,(H,3,4);;;/q;2*-1;+2. The number of rotatable bonds is 0. The van der Waals surface area contributed by atoms with Gasteiger partial charge in [0, 0.05) is 6.92 Å². The first-order chi connectivity index (χ1) is 5.20. The van der Waals surface area contributed by atoms with Crippen molar-refractivity contribution in [2.75, 3.05) is 0 Å². The Labute approximate surface area is 80.9 Å². The van der Waals surface area contributed by atoms with E-state index in [-0.39, 0.29) is 16.5 Å². The molecule has 0 unspecified atom stereocenters. The largest absolute Gasteiger partial charge is 2.00 e. The molecule has 0 saturated carbocycles. The van der Waals surface area contributed by atoms with Gasteiger partial charge in [0.1, 0.15) is 0 Å². The fourth-order valence-corrected chi connectivity index (χ4v) is 0. The molecule has 0 aromatic heterocycles. The summed E-state index contributed by atoms with van der Waals surface area (Å²) >= 11 is 0. The predicted molar refractivity (Wildman–Crippen MR) is 34.0 cm³/mol. The second-order valence-corrected chi connectivity index (χ2v) is 0.966. The van der Waals surface area contributed by atoms with Gasteiger partial charge < -0.3 is 35.7 Å². The molecule has 13 heavy (non-hydrogen) atoms. The maximum absolute atomic E-state index is 9.00. The van der Waals surface area contributed by atoms with Crippen LogP contribution in [0.3, 0.4) is 0 Å². The van der Waals surface area contributed by atoms with E-state index in [1.807, 2.05) is 0 Å². The Kier molecular flexibility index (Phi) is 29.0. The van der Waals surface area contributed by atoms with E-state index in [0.29, 0.717) is 0 Å². The van der Waals surface area contributed by atoms with Crippen molar-refractivity contribution < 1.29 is 36.6 Å². The molecule has 11 heteroatoms. The normalized spacial score (nSPS) is 5.62. The number of carbonyl (C=O) groups is 1. The minimum absolute atomic E-state index is 0. The Hall–Kier alpha value is -1.64. The third kappa shape index (κ3) is 271. The van der Waals surface area contributed by atoms with Crippen LogP contribution >= 0.6 is 0 Å². The molecule has 10 nitrogen and oxygen atoms in total. The van der Waals surface area contributed by atoms with Crippen LogP contribution in [-0.4, -0.2) is 21.2 Å². The average Bonchev–Trinajstić information content (AvgIpc) is 1.54. The van der Waals surface area contributed by atoms with Crippen LogP contribution in [-0.2, 0) is 21.3 Å². The van der Waals surface area contributed by atoms with E-state index in [0.717, 1.165) is 6.92 Å². The molecule has 0 aliphatic carbocycles. The Bertz CT molecular complexity index is 118. The van der Waals surface area contributed by atoms with Crippen molar-refractivity contribution in [3.05, 3.63) is 30.6 Å². The Morgan fingerprint density at radius 2 is 1.08 bits per heavy atom.